The number of amides is 3. The first-order valence-electron chi connectivity index (χ1n) is 10.8. The summed E-state index contributed by atoms with van der Waals surface area (Å²) in [5.74, 6) is 0.126. The highest BCUT2D eigenvalue weighted by molar-refractivity contribution is 6.02. The molecule has 3 N–H and O–H groups in total. The minimum absolute atomic E-state index is 0.0468. The summed E-state index contributed by atoms with van der Waals surface area (Å²) in [6.07, 6.45) is 0.826. The molecule has 3 amide bonds. The molecule has 32 heavy (non-hydrogen) atoms. The second kappa shape index (κ2) is 9.40. The summed E-state index contributed by atoms with van der Waals surface area (Å²) in [6, 6.07) is 14.6. The van der Waals surface area contributed by atoms with Gasteiger partial charge in [0.1, 0.15) is 12.4 Å². The Morgan fingerprint density at radius 3 is 2.53 bits per heavy atom. The molecule has 2 aromatic rings. The zero-order valence-corrected chi connectivity index (χ0v) is 18.1. The molecule has 8 nitrogen and oxygen atoms in total. The van der Waals surface area contributed by atoms with Crippen molar-refractivity contribution in [3.05, 3.63) is 54.1 Å². The number of rotatable bonds is 3. The SMILES string of the molecule is CN1CC(=O)N2C[C@H](NC(=O)CCN)C[C@H]2COc2ccccc2-c2ccccc2C1=O. The van der Waals surface area contributed by atoms with Crippen LogP contribution in [-0.2, 0) is 9.59 Å². The lowest BCUT2D eigenvalue weighted by molar-refractivity contribution is -0.133. The van der Waals surface area contributed by atoms with Gasteiger partial charge in [0.2, 0.25) is 11.8 Å². The maximum atomic E-state index is 13.2. The van der Waals surface area contributed by atoms with Crippen LogP contribution < -0.4 is 15.8 Å². The van der Waals surface area contributed by atoms with Crippen LogP contribution in [0.4, 0.5) is 0 Å². The van der Waals surface area contributed by atoms with E-state index in [0.717, 1.165) is 11.1 Å². The van der Waals surface area contributed by atoms with Crippen molar-refractivity contribution in [2.24, 2.45) is 5.73 Å². The number of hydrogen-bond donors (Lipinski definition) is 2. The highest BCUT2D eigenvalue weighted by Crippen LogP contribution is 2.34. The number of nitrogens with two attached hydrogens (primary N) is 1. The van der Waals surface area contributed by atoms with Gasteiger partial charge in [-0.25, -0.2) is 0 Å². The maximum Gasteiger partial charge on any atom is 0.254 e. The van der Waals surface area contributed by atoms with Gasteiger partial charge >= 0.3 is 0 Å². The number of ether oxygens (including phenoxy) is 1. The lowest BCUT2D eigenvalue weighted by Gasteiger charge is -2.28. The minimum Gasteiger partial charge on any atom is -0.491 e. The minimum atomic E-state index is -0.229. The Morgan fingerprint density at radius 1 is 1.09 bits per heavy atom. The van der Waals surface area contributed by atoms with E-state index in [0.29, 0.717) is 30.9 Å². The molecule has 2 aromatic carbocycles. The summed E-state index contributed by atoms with van der Waals surface area (Å²) < 4.78 is 6.19. The highest BCUT2D eigenvalue weighted by atomic mass is 16.5. The first-order valence-corrected chi connectivity index (χ1v) is 10.8. The van der Waals surface area contributed by atoms with Gasteiger partial charge in [0, 0.05) is 43.7 Å². The predicted octanol–water partition coefficient (Wildman–Crippen LogP) is 1.25. The number of nitrogens with one attached hydrogen (secondary N) is 1. The summed E-state index contributed by atoms with van der Waals surface area (Å²) in [6.45, 7) is 0.905. The van der Waals surface area contributed by atoms with Crippen LogP contribution in [0.1, 0.15) is 23.2 Å². The number of likely N-dealkylation sites (N-methyl/N-ethyl adjacent to an activating group) is 1. The van der Waals surface area contributed by atoms with Gasteiger partial charge in [-0.1, -0.05) is 36.4 Å². The summed E-state index contributed by atoms with van der Waals surface area (Å²) in [5, 5.41) is 2.96. The van der Waals surface area contributed by atoms with Gasteiger partial charge in [-0.3, -0.25) is 14.4 Å². The molecule has 1 fully saturated rings. The maximum absolute atomic E-state index is 13.2. The number of nitrogens with zero attached hydrogens (tertiary/aromatic N) is 2. The summed E-state index contributed by atoms with van der Waals surface area (Å²) >= 11 is 0. The van der Waals surface area contributed by atoms with Crippen molar-refractivity contribution in [2.45, 2.75) is 24.9 Å². The first kappa shape index (κ1) is 21.8. The Labute approximate surface area is 187 Å². The van der Waals surface area contributed by atoms with E-state index in [1.807, 2.05) is 42.5 Å². The van der Waals surface area contributed by atoms with Crippen molar-refractivity contribution in [3.63, 3.8) is 0 Å². The van der Waals surface area contributed by atoms with Crippen LogP contribution in [0.25, 0.3) is 11.1 Å². The average Bonchev–Trinajstić information content (AvgIpc) is 3.19. The van der Waals surface area contributed by atoms with Crippen molar-refractivity contribution >= 4 is 17.7 Å². The van der Waals surface area contributed by atoms with Gasteiger partial charge in [-0.05, 0) is 24.1 Å². The van der Waals surface area contributed by atoms with E-state index in [1.165, 1.54) is 4.90 Å². The summed E-state index contributed by atoms with van der Waals surface area (Å²) in [7, 11) is 1.64. The zero-order valence-electron chi connectivity index (χ0n) is 18.1. The van der Waals surface area contributed by atoms with E-state index < -0.39 is 0 Å². The second-order valence-electron chi connectivity index (χ2n) is 8.25. The van der Waals surface area contributed by atoms with Crippen molar-refractivity contribution < 1.29 is 19.1 Å². The van der Waals surface area contributed by atoms with Crippen molar-refractivity contribution in [1.82, 2.24) is 15.1 Å². The van der Waals surface area contributed by atoms with Gasteiger partial charge in [-0.2, -0.15) is 0 Å². The van der Waals surface area contributed by atoms with Crippen LogP contribution in [0.5, 0.6) is 5.75 Å². The number of benzene rings is 2. The molecule has 2 aliphatic heterocycles. The molecule has 2 aliphatic rings. The average molecular weight is 437 g/mol. The molecule has 0 spiro atoms. The molecule has 2 heterocycles. The predicted molar refractivity (Wildman–Crippen MR) is 120 cm³/mol. The Morgan fingerprint density at radius 2 is 1.78 bits per heavy atom. The molecule has 0 unspecified atom stereocenters. The molecule has 0 bridgehead atoms. The third-order valence-corrected chi connectivity index (χ3v) is 5.96. The van der Waals surface area contributed by atoms with Crippen molar-refractivity contribution in [3.8, 4) is 16.9 Å². The monoisotopic (exact) mass is 436 g/mol. The molecule has 0 aliphatic carbocycles. The molecule has 4 rings (SSSR count). The Hall–Kier alpha value is -3.39. The molecule has 0 aromatic heterocycles. The van der Waals surface area contributed by atoms with Gasteiger partial charge in [-0.15, -0.1) is 0 Å². The summed E-state index contributed by atoms with van der Waals surface area (Å²) in [4.78, 5) is 41.5. The zero-order chi connectivity index (χ0) is 22.7. The normalized spacial score (nSPS) is 20.9. The highest BCUT2D eigenvalue weighted by Gasteiger charge is 2.37. The van der Waals surface area contributed by atoms with Crippen LogP contribution in [0.2, 0.25) is 0 Å². The molecule has 8 heteroatoms. The number of carbonyl (C=O) groups excluding carboxylic acids is 3. The van der Waals surface area contributed by atoms with E-state index in [2.05, 4.69) is 5.32 Å². The van der Waals surface area contributed by atoms with Gasteiger partial charge in [0.25, 0.3) is 5.91 Å². The molecule has 168 valence electrons. The quantitative estimate of drug-likeness (QED) is 0.754. The molecular formula is C24H28N4O4. The smallest absolute Gasteiger partial charge is 0.254 e. The van der Waals surface area contributed by atoms with Crippen molar-refractivity contribution in [1.29, 1.82) is 0 Å². The lowest BCUT2D eigenvalue weighted by Crippen LogP contribution is -2.46. The van der Waals surface area contributed by atoms with E-state index in [9.17, 15) is 14.4 Å². The van der Waals surface area contributed by atoms with E-state index >= 15 is 0 Å². The Bertz CT molecular complexity index is 1020. The van der Waals surface area contributed by atoms with E-state index in [1.54, 1.807) is 18.0 Å². The fraction of sp³-hybridized carbons (Fsp3) is 0.375. The number of carbonyl (C=O) groups is 3. The third kappa shape index (κ3) is 4.45. The number of para-hydroxylation sites is 1. The van der Waals surface area contributed by atoms with Crippen molar-refractivity contribution in [2.75, 3.05) is 33.3 Å². The molecule has 2 atom stereocenters. The second-order valence-corrected chi connectivity index (χ2v) is 8.25. The van der Waals surface area contributed by atoms with Gasteiger partial charge < -0.3 is 25.6 Å². The van der Waals surface area contributed by atoms with Crippen LogP contribution >= 0.6 is 0 Å². The fourth-order valence-electron chi connectivity index (χ4n) is 4.39. The Balaban J connectivity index is 1.67. The van der Waals surface area contributed by atoms with Gasteiger partial charge in [0.05, 0.1) is 12.6 Å². The largest absolute Gasteiger partial charge is 0.491 e. The number of fused-ring (bicyclic) bond motifs is 4. The van der Waals surface area contributed by atoms with Crippen LogP contribution in [-0.4, -0.2) is 72.9 Å². The fourth-order valence-corrected chi connectivity index (χ4v) is 4.39. The van der Waals surface area contributed by atoms with Crippen LogP contribution in [0, 0.1) is 0 Å². The molecule has 0 radical (unpaired) electrons. The van der Waals surface area contributed by atoms with Gasteiger partial charge in [0.15, 0.2) is 0 Å². The summed E-state index contributed by atoms with van der Waals surface area (Å²) in [5.41, 5.74) is 7.59. The van der Waals surface area contributed by atoms with E-state index in [-0.39, 0.29) is 49.3 Å². The third-order valence-electron chi connectivity index (χ3n) is 5.96. The number of hydrogen-bond acceptors (Lipinski definition) is 5. The Kier molecular flexibility index (Phi) is 6.41. The van der Waals surface area contributed by atoms with Crippen LogP contribution in [0.15, 0.2) is 48.5 Å². The first-order chi connectivity index (χ1) is 15.5. The topological polar surface area (TPSA) is 105 Å². The van der Waals surface area contributed by atoms with E-state index in [4.69, 9.17) is 10.5 Å². The molecule has 0 saturated carbocycles. The molecule has 1 saturated heterocycles. The standard InChI is InChI=1S/C24H28N4O4/c1-27-14-23(30)28-13-16(26-22(29)10-11-25)12-17(28)15-32-21-9-5-4-7-19(21)18-6-2-3-8-20(18)24(27)31/h2-9,16-17H,10-15,25H2,1H3,(H,26,29)/t16-,17+/m1/s1. The van der Waals surface area contributed by atoms with Crippen LogP contribution in [0.3, 0.4) is 0 Å². The molecular weight excluding hydrogens is 408 g/mol. The lowest BCUT2D eigenvalue weighted by atomic mass is 9.98.